The molecule has 1 saturated heterocycles. The second kappa shape index (κ2) is 7.69. The molecule has 0 aromatic heterocycles. The molecule has 0 spiro atoms. The van der Waals surface area contributed by atoms with Gasteiger partial charge in [-0.1, -0.05) is 6.07 Å². The Morgan fingerprint density at radius 2 is 1.92 bits per heavy atom. The zero-order valence-corrected chi connectivity index (χ0v) is 13.9. The van der Waals surface area contributed by atoms with Crippen LogP contribution in [0.15, 0.2) is 48.5 Å². The summed E-state index contributed by atoms with van der Waals surface area (Å²) in [5, 5.41) is 21.1. The molecule has 0 unspecified atom stereocenters. The number of quaternary nitrogens is 1. The van der Waals surface area contributed by atoms with Crippen LogP contribution in [0.25, 0.3) is 0 Å². The first-order chi connectivity index (χ1) is 12.1. The van der Waals surface area contributed by atoms with Gasteiger partial charge < -0.3 is 20.2 Å². The van der Waals surface area contributed by atoms with Gasteiger partial charge in [-0.15, -0.1) is 0 Å². The van der Waals surface area contributed by atoms with Crippen LogP contribution in [0.3, 0.4) is 0 Å². The molecule has 6 heteroatoms. The highest BCUT2D eigenvalue weighted by atomic mass is 16.3. The summed E-state index contributed by atoms with van der Waals surface area (Å²) in [5.74, 6) is 0.230. The van der Waals surface area contributed by atoms with Crippen LogP contribution >= 0.6 is 0 Å². The Morgan fingerprint density at radius 3 is 2.60 bits per heavy atom. The van der Waals surface area contributed by atoms with Gasteiger partial charge in [-0.3, -0.25) is 4.79 Å². The summed E-state index contributed by atoms with van der Waals surface area (Å²) in [6.07, 6.45) is 0. The number of carbonyl (C=O) groups excluding carboxylic acids is 1. The van der Waals surface area contributed by atoms with Gasteiger partial charge in [0.25, 0.3) is 5.91 Å². The predicted octanol–water partition coefficient (Wildman–Crippen LogP) is 0.607. The van der Waals surface area contributed by atoms with Crippen LogP contribution in [-0.4, -0.2) is 43.7 Å². The SMILES string of the molecule is N#Cc1cccc(NC(=O)C[NH+]2CCN(c3ccc(O)cc3)CC2)c1. The Morgan fingerprint density at radius 1 is 1.20 bits per heavy atom. The summed E-state index contributed by atoms with van der Waals surface area (Å²) in [6, 6.07) is 16.2. The lowest BCUT2D eigenvalue weighted by Crippen LogP contribution is -3.15. The van der Waals surface area contributed by atoms with Crippen LogP contribution in [0.4, 0.5) is 11.4 Å². The number of rotatable bonds is 4. The fourth-order valence-electron chi connectivity index (χ4n) is 3.02. The molecule has 0 atom stereocenters. The highest BCUT2D eigenvalue weighted by Gasteiger charge is 2.22. The first-order valence-electron chi connectivity index (χ1n) is 8.31. The maximum absolute atomic E-state index is 12.2. The average Bonchev–Trinajstić information content (AvgIpc) is 2.63. The van der Waals surface area contributed by atoms with Gasteiger partial charge in [0, 0.05) is 11.4 Å². The smallest absolute Gasteiger partial charge is 0.279 e. The lowest BCUT2D eigenvalue weighted by Gasteiger charge is -2.33. The standard InChI is InChI=1S/C19H20N4O2/c20-13-15-2-1-3-16(12-15)21-19(25)14-22-8-10-23(11-9-22)17-4-6-18(24)7-5-17/h1-7,12,24H,8-11,14H2,(H,21,25)/p+1. The summed E-state index contributed by atoms with van der Waals surface area (Å²) in [6.45, 7) is 3.92. The van der Waals surface area contributed by atoms with E-state index in [0.717, 1.165) is 31.9 Å². The van der Waals surface area contributed by atoms with E-state index in [1.807, 2.05) is 12.1 Å². The number of amides is 1. The lowest BCUT2D eigenvalue weighted by atomic mass is 10.2. The number of anilines is 2. The number of nitrogens with one attached hydrogen (secondary N) is 2. The summed E-state index contributed by atoms with van der Waals surface area (Å²) >= 11 is 0. The predicted molar refractivity (Wildman–Crippen MR) is 95.7 cm³/mol. The Kier molecular flexibility index (Phi) is 5.17. The van der Waals surface area contributed by atoms with E-state index in [2.05, 4.69) is 16.3 Å². The van der Waals surface area contributed by atoms with Crippen molar-refractivity contribution in [3.05, 3.63) is 54.1 Å². The van der Waals surface area contributed by atoms with Crippen LogP contribution in [0.2, 0.25) is 0 Å². The number of aromatic hydroxyl groups is 1. The third kappa shape index (κ3) is 4.49. The number of piperazine rings is 1. The van der Waals surface area contributed by atoms with Crippen LogP contribution in [0.1, 0.15) is 5.56 Å². The molecular weight excluding hydrogens is 316 g/mol. The molecular formula is C19H21N4O2+. The van der Waals surface area contributed by atoms with Gasteiger partial charge in [0.2, 0.25) is 0 Å². The van der Waals surface area contributed by atoms with Gasteiger partial charge in [-0.2, -0.15) is 5.26 Å². The fraction of sp³-hybridized carbons (Fsp3) is 0.263. The van der Waals surface area contributed by atoms with Gasteiger partial charge in [0.1, 0.15) is 5.75 Å². The second-order valence-electron chi connectivity index (χ2n) is 6.17. The Bertz CT molecular complexity index is 775. The molecule has 1 aliphatic heterocycles. The third-order valence-corrected chi connectivity index (χ3v) is 4.37. The van der Waals surface area contributed by atoms with Crippen molar-refractivity contribution < 1.29 is 14.8 Å². The molecule has 1 amide bonds. The van der Waals surface area contributed by atoms with Crippen molar-refractivity contribution in [1.82, 2.24) is 0 Å². The van der Waals surface area contributed by atoms with Gasteiger partial charge in [-0.05, 0) is 42.5 Å². The minimum atomic E-state index is -0.0387. The first-order valence-corrected chi connectivity index (χ1v) is 8.31. The van der Waals surface area contributed by atoms with Crippen molar-refractivity contribution in [3.8, 4) is 11.8 Å². The Hall–Kier alpha value is -3.04. The van der Waals surface area contributed by atoms with E-state index in [4.69, 9.17) is 5.26 Å². The Balaban J connectivity index is 1.49. The number of nitriles is 1. The number of nitrogens with zero attached hydrogens (tertiary/aromatic N) is 2. The van der Waals surface area contributed by atoms with Crippen molar-refractivity contribution in [1.29, 1.82) is 5.26 Å². The number of hydrogen-bond donors (Lipinski definition) is 3. The molecule has 1 fully saturated rings. The topological polar surface area (TPSA) is 80.8 Å². The molecule has 0 radical (unpaired) electrons. The monoisotopic (exact) mass is 337 g/mol. The Labute approximate surface area is 146 Å². The molecule has 6 nitrogen and oxygen atoms in total. The fourth-order valence-corrected chi connectivity index (χ4v) is 3.02. The van der Waals surface area contributed by atoms with Crippen LogP contribution in [0.5, 0.6) is 5.75 Å². The quantitative estimate of drug-likeness (QED) is 0.764. The highest BCUT2D eigenvalue weighted by molar-refractivity contribution is 5.91. The van der Waals surface area contributed by atoms with E-state index in [-0.39, 0.29) is 11.7 Å². The molecule has 0 saturated carbocycles. The van der Waals surface area contributed by atoms with Gasteiger partial charge >= 0.3 is 0 Å². The third-order valence-electron chi connectivity index (χ3n) is 4.37. The second-order valence-corrected chi connectivity index (χ2v) is 6.17. The molecule has 1 heterocycles. The number of benzene rings is 2. The molecule has 2 aromatic rings. The lowest BCUT2D eigenvalue weighted by molar-refractivity contribution is -0.892. The van der Waals surface area contributed by atoms with Crippen LogP contribution < -0.4 is 15.1 Å². The molecule has 128 valence electrons. The van der Waals surface area contributed by atoms with E-state index in [9.17, 15) is 9.90 Å². The first kappa shape index (κ1) is 16.8. The minimum Gasteiger partial charge on any atom is -0.508 e. The van der Waals surface area contributed by atoms with Crippen molar-refractivity contribution in [2.75, 3.05) is 42.9 Å². The van der Waals surface area contributed by atoms with Crippen molar-refractivity contribution >= 4 is 17.3 Å². The van der Waals surface area contributed by atoms with Gasteiger partial charge in [0.05, 0.1) is 37.8 Å². The average molecular weight is 337 g/mol. The van der Waals surface area contributed by atoms with Crippen molar-refractivity contribution in [2.45, 2.75) is 0 Å². The number of carbonyl (C=O) groups is 1. The molecule has 0 bridgehead atoms. The molecule has 2 aromatic carbocycles. The maximum atomic E-state index is 12.2. The number of phenols is 1. The number of hydrogen-bond acceptors (Lipinski definition) is 4. The normalized spacial score (nSPS) is 14.8. The summed E-state index contributed by atoms with van der Waals surface area (Å²) in [5.41, 5.74) is 2.29. The van der Waals surface area contributed by atoms with E-state index in [0.29, 0.717) is 17.8 Å². The molecule has 1 aliphatic rings. The molecule has 3 rings (SSSR count). The largest absolute Gasteiger partial charge is 0.508 e. The molecule has 25 heavy (non-hydrogen) atoms. The van der Waals surface area contributed by atoms with E-state index >= 15 is 0 Å². The van der Waals surface area contributed by atoms with Crippen LogP contribution in [-0.2, 0) is 4.79 Å². The summed E-state index contributed by atoms with van der Waals surface area (Å²) < 4.78 is 0. The highest BCUT2D eigenvalue weighted by Crippen LogP contribution is 2.18. The zero-order valence-electron chi connectivity index (χ0n) is 13.9. The molecule has 3 N–H and O–H groups in total. The minimum absolute atomic E-state index is 0.0387. The van der Waals surface area contributed by atoms with Crippen molar-refractivity contribution in [3.63, 3.8) is 0 Å². The van der Waals surface area contributed by atoms with Crippen LogP contribution in [0, 0.1) is 11.3 Å². The summed E-state index contributed by atoms with van der Waals surface area (Å²) in [4.78, 5) is 15.7. The molecule has 0 aliphatic carbocycles. The zero-order chi connectivity index (χ0) is 17.6. The maximum Gasteiger partial charge on any atom is 0.279 e. The van der Waals surface area contributed by atoms with Crippen molar-refractivity contribution in [2.24, 2.45) is 0 Å². The number of phenolic OH excluding ortho intramolecular Hbond substituents is 1. The van der Waals surface area contributed by atoms with E-state index in [1.54, 1.807) is 36.4 Å². The van der Waals surface area contributed by atoms with Gasteiger partial charge in [0.15, 0.2) is 6.54 Å². The summed E-state index contributed by atoms with van der Waals surface area (Å²) in [7, 11) is 0. The van der Waals surface area contributed by atoms with E-state index < -0.39 is 0 Å². The van der Waals surface area contributed by atoms with Gasteiger partial charge in [-0.25, -0.2) is 0 Å². The van der Waals surface area contributed by atoms with E-state index in [1.165, 1.54) is 4.90 Å².